The normalized spacial score (nSPS) is 22.5. The predicted octanol–water partition coefficient (Wildman–Crippen LogP) is 4.54. The van der Waals surface area contributed by atoms with Crippen LogP contribution in [0.1, 0.15) is 43.4 Å². The van der Waals surface area contributed by atoms with Crippen molar-refractivity contribution < 1.29 is 4.79 Å². The Balaban J connectivity index is 1.42. The van der Waals surface area contributed by atoms with Crippen LogP contribution in [0.4, 0.5) is 0 Å². The lowest BCUT2D eigenvalue weighted by molar-refractivity contribution is -0.118. The van der Waals surface area contributed by atoms with Gasteiger partial charge in [0.05, 0.1) is 11.1 Å². The minimum atomic E-state index is -0.299. The second-order valence-corrected chi connectivity index (χ2v) is 9.12. The van der Waals surface area contributed by atoms with Crippen LogP contribution in [-0.2, 0) is 11.2 Å². The molecule has 0 saturated heterocycles. The van der Waals surface area contributed by atoms with Gasteiger partial charge in [-0.1, -0.05) is 48.4 Å². The minimum Gasteiger partial charge on any atom is -0.273 e. The number of nitrogens with one attached hydrogen (secondary N) is 1. The largest absolute Gasteiger partial charge is 0.294 e. The minimum absolute atomic E-state index is 0.130. The van der Waals surface area contributed by atoms with E-state index in [2.05, 4.69) is 10.5 Å². The number of fused-ring (bicyclic) bond motifs is 3. The number of amides is 1. The van der Waals surface area contributed by atoms with Crippen molar-refractivity contribution in [1.29, 1.82) is 0 Å². The van der Waals surface area contributed by atoms with E-state index in [1.165, 1.54) is 19.3 Å². The zero-order chi connectivity index (χ0) is 20.7. The van der Waals surface area contributed by atoms with Crippen LogP contribution >= 0.6 is 11.6 Å². The molecule has 30 heavy (non-hydrogen) atoms. The molecule has 3 atom stereocenters. The molecule has 1 aromatic heterocycles. The molecule has 3 unspecified atom stereocenters. The summed E-state index contributed by atoms with van der Waals surface area (Å²) in [6.07, 6.45) is 5.96. The van der Waals surface area contributed by atoms with Gasteiger partial charge in [0.2, 0.25) is 5.91 Å². The fourth-order valence-electron chi connectivity index (χ4n) is 5.29. The van der Waals surface area contributed by atoms with Gasteiger partial charge in [-0.05, 0) is 60.8 Å². The van der Waals surface area contributed by atoms with E-state index in [4.69, 9.17) is 11.6 Å². The quantitative estimate of drug-likeness (QED) is 0.657. The molecule has 2 aromatic carbocycles. The van der Waals surface area contributed by atoms with Crippen LogP contribution in [0.5, 0.6) is 0 Å². The molecule has 3 aromatic rings. The van der Waals surface area contributed by atoms with Gasteiger partial charge in [-0.25, -0.2) is 5.43 Å². The second-order valence-electron chi connectivity index (χ2n) is 8.69. The van der Waals surface area contributed by atoms with Gasteiger partial charge in [0.25, 0.3) is 5.56 Å². The van der Waals surface area contributed by atoms with E-state index < -0.39 is 0 Å². The van der Waals surface area contributed by atoms with Gasteiger partial charge in [-0.3, -0.25) is 9.59 Å². The van der Waals surface area contributed by atoms with Gasteiger partial charge in [-0.2, -0.15) is 5.10 Å². The molecule has 2 aliphatic rings. The van der Waals surface area contributed by atoms with Gasteiger partial charge in [0.15, 0.2) is 0 Å². The fraction of sp³-hybridized carbons (Fsp3) is 0.375. The second kappa shape index (κ2) is 7.88. The van der Waals surface area contributed by atoms with Crippen molar-refractivity contribution >= 4 is 28.3 Å². The first-order valence-electron chi connectivity index (χ1n) is 10.6. The van der Waals surface area contributed by atoms with Crippen molar-refractivity contribution in [3.63, 3.8) is 0 Å². The first kappa shape index (κ1) is 19.3. The monoisotopic (exact) mass is 421 g/mol. The molecule has 1 amide bonds. The van der Waals surface area contributed by atoms with Crippen LogP contribution < -0.4 is 11.0 Å². The number of halogens is 1. The molecule has 0 radical (unpaired) electrons. The maximum atomic E-state index is 12.9. The lowest BCUT2D eigenvalue weighted by Crippen LogP contribution is -2.37. The number of carbonyl (C=O) groups excluding carboxylic acids is 1. The van der Waals surface area contributed by atoms with Crippen molar-refractivity contribution in [1.82, 2.24) is 9.89 Å². The van der Waals surface area contributed by atoms with E-state index >= 15 is 0 Å². The smallest absolute Gasteiger partial charge is 0.273 e. The number of rotatable bonds is 5. The molecular formula is C24H24ClN3O2. The number of carbonyl (C=O) groups is 1. The first-order chi connectivity index (χ1) is 14.6. The number of hydrogen-bond donors (Lipinski definition) is 1. The van der Waals surface area contributed by atoms with Crippen LogP contribution in [0.25, 0.3) is 10.8 Å². The zero-order valence-electron chi connectivity index (χ0n) is 16.7. The average molecular weight is 422 g/mol. The topological polar surface area (TPSA) is 64.0 Å². The number of benzene rings is 2. The molecular weight excluding hydrogens is 398 g/mol. The van der Waals surface area contributed by atoms with E-state index in [0.717, 1.165) is 33.8 Å². The third-order valence-corrected chi connectivity index (χ3v) is 6.98. The van der Waals surface area contributed by atoms with Gasteiger partial charge in [0.1, 0.15) is 0 Å². The Kier molecular flexibility index (Phi) is 5.07. The number of nitrogens with zero attached hydrogens (tertiary/aromatic N) is 2. The molecule has 2 bridgehead atoms. The van der Waals surface area contributed by atoms with Gasteiger partial charge in [0, 0.05) is 23.3 Å². The molecule has 2 fully saturated rings. The average Bonchev–Trinajstić information content (AvgIpc) is 3.36. The van der Waals surface area contributed by atoms with Crippen molar-refractivity contribution in [2.24, 2.45) is 17.8 Å². The van der Waals surface area contributed by atoms with E-state index in [1.807, 2.05) is 42.5 Å². The summed E-state index contributed by atoms with van der Waals surface area (Å²) in [5.74, 6) is 1.77. The lowest BCUT2D eigenvalue weighted by atomic mass is 9.86. The highest BCUT2D eigenvalue weighted by atomic mass is 35.5. The summed E-state index contributed by atoms with van der Waals surface area (Å²) in [5, 5.41) is 6.55. The highest BCUT2D eigenvalue weighted by molar-refractivity contribution is 6.30. The highest BCUT2D eigenvalue weighted by Crippen LogP contribution is 2.49. The van der Waals surface area contributed by atoms with Crippen molar-refractivity contribution in [3.8, 4) is 0 Å². The third kappa shape index (κ3) is 3.74. The van der Waals surface area contributed by atoms with E-state index in [-0.39, 0.29) is 11.5 Å². The molecule has 5 rings (SSSR count). The Morgan fingerprint density at radius 1 is 1.07 bits per heavy atom. The maximum Gasteiger partial charge on any atom is 0.294 e. The third-order valence-electron chi connectivity index (χ3n) is 6.73. The Hall–Kier alpha value is -2.66. The van der Waals surface area contributed by atoms with Crippen LogP contribution in [0, 0.1) is 17.8 Å². The Morgan fingerprint density at radius 3 is 2.53 bits per heavy atom. The summed E-state index contributed by atoms with van der Waals surface area (Å²) in [6.45, 7) is 0. The van der Waals surface area contributed by atoms with Crippen LogP contribution in [0.3, 0.4) is 0 Å². The maximum absolute atomic E-state index is 12.9. The van der Waals surface area contributed by atoms with Crippen LogP contribution in [-0.4, -0.2) is 15.8 Å². The molecule has 5 nitrogen and oxygen atoms in total. The summed E-state index contributed by atoms with van der Waals surface area (Å²) < 4.78 is 0. The standard InChI is InChI=1S/C24H24ClN3O2/c25-19-9-6-15(7-10-19)13-22-20-3-1-2-4-21(20)24(30)28(26-22)27-23(29)14-18-12-16-5-8-17(18)11-16/h1-4,6-7,9-10,16-18H,5,8,11-14H2,(H,27,29). The summed E-state index contributed by atoms with van der Waals surface area (Å²) in [6, 6.07) is 15.0. The number of aromatic nitrogens is 2. The van der Waals surface area contributed by atoms with Crippen molar-refractivity contribution in [3.05, 3.63) is 75.2 Å². The van der Waals surface area contributed by atoms with E-state index in [0.29, 0.717) is 35.1 Å². The SMILES string of the molecule is O=C(CC1CC2CCC1C2)Nn1nc(Cc2ccc(Cl)cc2)c2ccccc2c1=O. The zero-order valence-corrected chi connectivity index (χ0v) is 17.4. The molecule has 1 N–H and O–H groups in total. The predicted molar refractivity (Wildman–Crippen MR) is 118 cm³/mol. The molecule has 2 saturated carbocycles. The summed E-state index contributed by atoms with van der Waals surface area (Å²) >= 11 is 6.00. The first-order valence-corrected chi connectivity index (χ1v) is 11.0. The molecule has 0 spiro atoms. The van der Waals surface area contributed by atoms with Crippen LogP contribution in [0.2, 0.25) is 5.02 Å². The van der Waals surface area contributed by atoms with E-state index in [1.54, 1.807) is 6.07 Å². The molecule has 2 aliphatic carbocycles. The molecule has 0 aliphatic heterocycles. The van der Waals surface area contributed by atoms with Crippen LogP contribution in [0.15, 0.2) is 53.3 Å². The summed E-state index contributed by atoms with van der Waals surface area (Å²) in [4.78, 5) is 26.8. The summed E-state index contributed by atoms with van der Waals surface area (Å²) in [7, 11) is 0. The Labute approximate surface area is 180 Å². The van der Waals surface area contributed by atoms with E-state index in [9.17, 15) is 9.59 Å². The molecule has 154 valence electrons. The number of hydrogen-bond acceptors (Lipinski definition) is 3. The lowest BCUT2D eigenvalue weighted by Gasteiger charge is -2.21. The molecule has 1 heterocycles. The van der Waals surface area contributed by atoms with Gasteiger partial charge < -0.3 is 0 Å². The Morgan fingerprint density at radius 2 is 1.83 bits per heavy atom. The van der Waals surface area contributed by atoms with Gasteiger partial charge >= 0.3 is 0 Å². The highest BCUT2D eigenvalue weighted by Gasteiger charge is 2.40. The fourth-order valence-corrected chi connectivity index (χ4v) is 5.41. The molecule has 6 heteroatoms. The Bertz CT molecular complexity index is 1160. The summed E-state index contributed by atoms with van der Waals surface area (Å²) in [5.41, 5.74) is 4.24. The van der Waals surface area contributed by atoms with Gasteiger partial charge in [-0.15, -0.1) is 4.79 Å². The van der Waals surface area contributed by atoms with Crippen molar-refractivity contribution in [2.45, 2.75) is 38.5 Å². The van der Waals surface area contributed by atoms with Crippen molar-refractivity contribution in [2.75, 3.05) is 5.43 Å².